The molecule has 0 aliphatic heterocycles. The van der Waals surface area contributed by atoms with Gasteiger partial charge in [-0.2, -0.15) is 0 Å². The van der Waals surface area contributed by atoms with Gasteiger partial charge in [0.2, 0.25) is 0 Å². The number of carbonyl (C=O) groups excluding carboxylic acids is 2. The van der Waals surface area contributed by atoms with Crippen LogP contribution in [0.15, 0.2) is 24.8 Å². The van der Waals surface area contributed by atoms with Crippen molar-refractivity contribution in [2.75, 3.05) is 13.2 Å². The molecule has 0 heterocycles. The number of rotatable bonds is 21. The van der Waals surface area contributed by atoms with Gasteiger partial charge in [0.05, 0.1) is 6.61 Å². The summed E-state index contributed by atoms with van der Waals surface area (Å²) in [5, 5.41) is 0. The molecule has 168 valence electrons. The maximum absolute atomic E-state index is 11.4. The first kappa shape index (κ1) is 27.4. The van der Waals surface area contributed by atoms with Crippen molar-refractivity contribution in [3.63, 3.8) is 0 Å². The summed E-state index contributed by atoms with van der Waals surface area (Å²) in [5.74, 6) is -1.06. The molecule has 0 atom stereocenters. The van der Waals surface area contributed by atoms with Crippen molar-refractivity contribution in [3.05, 3.63) is 24.8 Å². The molecule has 0 fully saturated rings. The average Bonchev–Trinajstić information content (AvgIpc) is 2.72. The standard InChI is InChI=1S/C25H44O4/c1-3-5-6-7-8-9-10-11-12-13-14-15-16-17-18-19-23-29-25(27)21-20-24(26)28-22-4-2/h4,20-21H,2-3,5-19,22-23H2,1H3/b21-20+. The van der Waals surface area contributed by atoms with Crippen LogP contribution in [0.25, 0.3) is 0 Å². The number of carbonyl (C=O) groups is 2. The zero-order valence-electron chi connectivity index (χ0n) is 18.8. The molecule has 0 saturated heterocycles. The molecular weight excluding hydrogens is 364 g/mol. The van der Waals surface area contributed by atoms with Gasteiger partial charge in [0, 0.05) is 12.2 Å². The Balaban J connectivity index is 3.25. The lowest BCUT2D eigenvalue weighted by Gasteiger charge is -2.04. The van der Waals surface area contributed by atoms with Crippen LogP contribution < -0.4 is 0 Å². The Morgan fingerprint density at radius 2 is 1.00 bits per heavy atom. The second-order valence-corrected chi connectivity index (χ2v) is 7.72. The SMILES string of the molecule is C=CCOC(=O)/C=C/C(=O)OCCCCCCCCCCCCCCCCCC. The van der Waals surface area contributed by atoms with Crippen LogP contribution in [-0.2, 0) is 19.1 Å². The lowest BCUT2D eigenvalue weighted by atomic mass is 10.0. The second kappa shape index (κ2) is 22.7. The van der Waals surface area contributed by atoms with Crippen molar-refractivity contribution >= 4 is 11.9 Å². The van der Waals surface area contributed by atoms with E-state index >= 15 is 0 Å². The lowest BCUT2D eigenvalue weighted by molar-refractivity contribution is -0.140. The molecule has 0 aromatic heterocycles. The zero-order chi connectivity index (χ0) is 21.4. The Morgan fingerprint density at radius 1 is 0.621 bits per heavy atom. The minimum atomic E-state index is -0.566. The van der Waals surface area contributed by atoms with Crippen molar-refractivity contribution in [2.24, 2.45) is 0 Å². The Morgan fingerprint density at radius 3 is 1.41 bits per heavy atom. The summed E-state index contributed by atoms with van der Waals surface area (Å²) in [5.41, 5.74) is 0. The van der Waals surface area contributed by atoms with Gasteiger partial charge >= 0.3 is 11.9 Å². The Kier molecular flexibility index (Phi) is 21.5. The van der Waals surface area contributed by atoms with Crippen LogP contribution in [0.4, 0.5) is 0 Å². The third kappa shape index (κ3) is 22.6. The van der Waals surface area contributed by atoms with E-state index in [2.05, 4.69) is 13.5 Å². The lowest BCUT2D eigenvalue weighted by Crippen LogP contribution is -2.05. The van der Waals surface area contributed by atoms with E-state index in [0.29, 0.717) is 6.61 Å². The molecule has 0 rings (SSSR count). The molecule has 4 nitrogen and oxygen atoms in total. The highest BCUT2D eigenvalue weighted by Gasteiger charge is 2.00. The first-order chi connectivity index (χ1) is 14.2. The van der Waals surface area contributed by atoms with E-state index in [9.17, 15) is 9.59 Å². The van der Waals surface area contributed by atoms with Crippen LogP contribution in [0, 0.1) is 0 Å². The Bertz CT molecular complexity index is 429. The molecule has 0 radical (unpaired) electrons. The van der Waals surface area contributed by atoms with Gasteiger partial charge in [-0.15, -0.1) is 0 Å². The summed E-state index contributed by atoms with van der Waals surface area (Å²) >= 11 is 0. The van der Waals surface area contributed by atoms with Crippen molar-refractivity contribution in [2.45, 2.75) is 110 Å². The molecule has 0 N–H and O–H groups in total. The fourth-order valence-electron chi connectivity index (χ4n) is 3.20. The average molecular weight is 409 g/mol. The van der Waals surface area contributed by atoms with Crippen molar-refractivity contribution < 1.29 is 19.1 Å². The summed E-state index contributed by atoms with van der Waals surface area (Å²) in [6.07, 6.45) is 24.7. The second-order valence-electron chi connectivity index (χ2n) is 7.72. The van der Waals surface area contributed by atoms with Gasteiger partial charge in [-0.3, -0.25) is 0 Å². The van der Waals surface area contributed by atoms with Gasteiger partial charge in [-0.25, -0.2) is 9.59 Å². The summed E-state index contributed by atoms with van der Waals surface area (Å²) in [4.78, 5) is 22.6. The topological polar surface area (TPSA) is 52.6 Å². The molecule has 0 saturated carbocycles. The molecule has 0 aliphatic carbocycles. The molecule has 0 amide bonds. The summed E-state index contributed by atoms with van der Waals surface area (Å²) in [6, 6.07) is 0. The monoisotopic (exact) mass is 408 g/mol. The van der Waals surface area contributed by atoms with Crippen LogP contribution in [0.2, 0.25) is 0 Å². The minimum Gasteiger partial charge on any atom is -0.463 e. The van der Waals surface area contributed by atoms with Gasteiger partial charge in [-0.05, 0) is 6.42 Å². The number of hydrogen-bond donors (Lipinski definition) is 0. The predicted molar refractivity (Wildman–Crippen MR) is 121 cm³/mol. The van der Waals surface area contributed by atoms with Gasteiger partial charge in [-0.1, -0.05) is 116 Å². The van der Waals surface area contributed by atoms with Crippen molar-refractivity contribution in [3.8, 4) is 0 Å². The molecule has 0 aromatic carbocycles. The van der Waals surface area contributed by atoms with E-state index < -0.39 is 11.9 Å². The molecule has 0 spiro atoms. The molecule has 0 aromatic rings. The van der Waals surface area contributed by atoms with Crippen LogP contribution in [0.3, 0.4) is 0 Å². The minimum absolute atomic E-state index is 0.136. The first-order valence-corrected chi connectivity index (χ1v) is 11.8. The van der Waals surface area contributed by atoms with Crippen LogP contribution in [0.5, 0.6) is 0 Å². The fourth-order valence-corrected chi connectivity index (χ4v) is 3.20. The highest BCUT2D eigenvalue weighted by molar-refractivity contribution is 5.91. The fraction of sp³-hybridized carbons (Fsp3) is 0.760. The smallest absolute Gasteiger partial charge is 0.331 e. The summed E-state index contributed by atoms with van der Waals surface area (Å²) in [6.45, 7) is 6.26. The quantitative estimate of drug-likeness (QED) is 0.0881. The largest absolute Gasteiger partial charge is 0.463 e. The maximum atomic E-state index is 11.4. The summed E-state index contributed by atoms with van der Waals surface area (Å²) < 4.78 is 9.79. The van der Waals surface area contributed by atoms with E-state index in [4.69, 9.17) is 9.47 Å². The number of esters is 2. The predicted octanol–water partition coefficient (Wildman–Crippen LogP) is 7.08. The van der Waals surface area contributed by atoms with E-state index in [1.165, 1.54) is 96.0 Å². The molecule has 0 aliphatic rings. The zero-order valence-corrected chi connectivity index (χ0v) is 18.8. The Labute approximate surface area is 179 Å². The van der Waals surface area contributed by atoms with Gasteiger partial charge in [0.1, 0.15) is 6.61 Å². The van der Waals surface area contributed by atoms with E-state index in [1.54, 1.807) is 0 Å². The molecule has 29 heavy (non-hydrogen) atoms. The molecule has 0 unspecified atom stereocenters. The highest BCUT2D eigenvalue weighted by atomic mass is 16.5. The first-order valence-electron chi connectivity index (χ1n) is 11.8. The third-order valence-corrected chi connectivity index (χ3v) is 4.94. The number of ether oxygens (including phenoxy) is 2. The van der Waals surface area contributed by atoms with Crippen molar-refractivity contribution in [1.29, 1.82) is 0 Å². The van der Waals surface area contributed by atoms with Gasteiger partial charge in [0.25, 0.3) is 0 Å². The highest BCUT2D eigenvalue weighted by Crippen LogP contribution is 2.13. The number of unbranched alkanes of at least 4 members (excludes halogenated alkanes) is 15. The summed E-state index contributed by atoms with van der Waals surface area (Å²) in [7, 11) is 0. The van der Waals surface area contributed by atoms with Crippen molar-refractivity contribution in [1.82, 2.24) is 0 Å². The third-order valence-electron chi connectivity index (χ3n) is 4.94. The van der Waals surface area contributed by atoms with Gasteiger partial charge < -0.3 is 9.47 Å². The molecule has 0 bridgehead atoms. The number of hydrogen-bond acceptors (Lipinski definition) is 4. The van der Waals surface area contributed by atoms with E-state index in [1.807, 2.05) is 0 Å². The van der Waals surface area contributed by atoms with Gasteiger partial charge in [0.15, 0.2) is 0 Å². The normalized spacial score (nSPS) is 10.9. The van der Waals surface area contributed by atoms with Crippen LogP contribution in [0.1, 0.15) is 110 Å². The Hall–Kier alpha value is -1.58. The van der Waals surface area contributed by atoms with Crippen LogP contribution >= 0.6 is 0 Å². The van der Waals surface area contributed by atoms with E-state index in [0.717, 1.165) is 25.0 Å². The molecule has 4 heteroatoms. The van der Waals surface area contributed by atoms with E-state index in [-0.39, 0.29) is 6.61 Å². The molecular formula is C25H44O4. The van der Waals surface area contributed by atoms with Crippen LogP contribution in [-0.4, -0.2) is 25.2 Å². The maximum Gasteiger partial charge on any atom is 0.331 e.